The molecule has 0 saturated heterocycles. The molecule has 5 nitrogen and oxygen atoms in total. The molecule has 2 unspecified atom stereocenters. The van der Waals surface area contributed by atoms with Crippen LogP contribution in [-0.4, -0.2) is 21.8 Å². The predicted octanol–water partition coefficient (Wildman–Crippen LogP) is 6.35. The molecule has 0 aliphatic carbocycles. The lowest BCUT2D eigenvalue weighted by Gasteiger charge is -2.27. The zero-order valence-corrected chi connectivity index (χ0v) is 19.0. The van der Waals surface area contributed by atoms with Crippen molar-refractivity contribution in [3.8, 4) is 11.1 Å². The molecule has 2 atom stereocenters. The minimum atomic E-state index is -4.91. The number of nitrogens with one attached hydrogen (secondary N) is 1. The van der Waals surface area contributed by atoms with E-state index in [4.69, 9.17) is 4.74 Å². The highest BCUT2D eigenvalue weighted by Crippen LogP contribution is 2.35. The van der Waals surface area contributed by atoms with Gasteiger partial charge in [-0.25, -0.2) is 13.6 Å². The average Bonchev–Trinajstić information content (AvgIpc) is 2.75. The third-order valence-corrected chi connectivity index (χ3v) is 4.94. The molecule has 3 aromatic rings. The lowest BCUT2D eigenvalue weighted by atomic mass is 9.93. The van der Waals surface area contributed by atoms with Gasteiger partial charge < -0.3 is 15.2 Å². The highest BCUT2D eigenvalue weighted by atomic mass is 19.4. The molecule has 0 fully saturated rings. The Bertz CT molecular complexity index is 1190. The zero-order valence-electron chi connectivity index (χ0n) is 19.0. The molecule has 3 rings (SSSR count). The van der Waals surface area contributed by atoms with Gasteiger partial charge in [0.1, 0.15) is 23.3 Å². The minimum absolute atomic E-state index is 0.104. The minimum Gasteiger partial charge on any atom is -0.444 e. The molecule has 1 heterocycles. The number of aromatic nitrogens is 1. The SMILES string of the molecule is CC(C)(C)OC(=O)NC(c1ccc(C(F)(F)F)c(F)c1)C(O)c1ccc(-c2cncc(F)c2)cc1. The number of benzene rings is 2. The summed E-state index contributed by atoms with van der Waals surface area (Å²) in [6.45, 7) is 4.82. The van der Waals surface area contributed by atoms with Crippen LogP contribution in [0.25, 0.3) is 11.1 Å². The normalized spacial score (nSPS) is 13.7. The Morgan fingerprint density at radius 3 is 2.11 bits per heavy atom. The number of alkyl carbamates (subject to hydrolysis) is 1. The van der Waals surface area contributed by atoms with Gasteiger partial charge in [0.05, 0.1) is 17.8 Å². The van der Waals surface area contributed by atoms with E-state index in [0.29, 0.717) is 23.3 Å². The molecule has 0 radical (unpaired) electrons. The van der Waals surface area contributed by atoms with Crippen molar-refractivity contribution >= 4 is 6.09 Å². The van der Waals surface area contributed by atoms with Crippen LogP contribution in [-0.2, 0) is 10.9 Å². The third kappa shape index (κ3) is 6.75. The molecule has 0 bridgehead atoms. The van der Waals surface area contributed by atoms with Gasteiger partial charge in [0.2, 0.25) is 0 Å². The highest BCUT2D eigenvalue weighted by molar-refractivity contribution is 5.69. The Kier molecular flexibility index (Phi) is 7.44. The van der Waals surface area contributed by atoms with Gasteiger partial charge in [-0.15, -0.1) is 0 Å². The second-order valence-corrected chi connectivity index (χ2v) is 8.82. The fourth-order valence-corrected chi connectivity index (χ4v) is 3.37. The topological polar surface area (TPSA) is 71.5 Å². The summed E-state index contributed by atoms with van der Waals surface area (Å²) in [4.78, 5) is 16.2. The van der Waals surface area contributed by atoms with E-state index in [1.165, 1.54) is 24.4 Å². The fraction of sp³-hybridized carbons (Fsp3) is 0.280. The molecule has 2 aromatic carbocycles. The molecule has 0 spiro atoms. The van der Waals surface area contributed by atoms with Gasteiger partial charge in [-0.2, -0.15) is 13.2 Å². The lowest BCUT2D eigenvalue weighted by molar-refractivity contribution is -0.140. The highest BCUT2D eigenvalue weighted by Gasteiger charge is 2.35. The molecule has 1 aromatic heterocycles. The van der Waals surface area contributed by atoms with Crippen LogP contribution in [0, 0.1) is 11.6 Å². The molecule has 186 valence electrons. The standard InChI is InChI=1S/C25H23F5N2O3/c1-24(2,3)35-23(34)32-21(16-8-9-19(20(27)11-16)25(28,29)30)22(33)15-6-4-14(5-7-15)17-10-18(26)13-31-12-17/h4-13,21-22,33H,1-3H3,(H,32,34). The Labute approximate surface area is 198 Å². The first kappa shape index (κ1) is 26.1. The number of pyridine rings is 1. The summed E-state index contributed by atoms with van der Waals surface area (Å²) in [5.74, 6) is -2.08. The van der Waals surface area contributed by atoms with Crippen molar-refractivity contribution in [1.82, 2.24) is 10.3 Å². The van der Waals surface area contributed by atoms with E-state index in [-0.39, 0.29) is 11.1 Å². The number of ether oxygens (including phenoxy) is 1. The number of halogens is 5. The molecule has 0 aliphatic rings. The van der Waals surface area contributed by atoms with E-state index in [0.717, 1.165) is 12.3 Å². The summed E-state index contributed by atoms with van der Waals surface area (Å²) < 4.78 is 71.9. The van der Waals surface area contributed by atoms with Crippen LogP contribution in [0.5, 0.6) is 0 Å². The number of hydrogen-bond donors (Lipinski definition) is 2. The van der Waals surface area contributed by atoms with Crippen LogP contribution < -0.4 is 5.32 Å². The average molecular weight is 494 g/mol. The van der Waals surface area contributed by atoms with Crippen molar-refractivity contribution in [2.75, 3.05) is 0 Å². The van der Waals surface area contributed by atoms with Crippen molar-refractivity contribution < 1.29 is 36.6 Å². The van der Waals surface area contributed by atoms with E-state index >= 15 is 0 Å². The monoisotopic (exact) mass is 494 g/mol. The maximum Gasteiger partial charge on any atom is 0.419 e. The van der Waals surface area contributed by atoms with Crippen LogP contribution in [0.2, 0.25) is 0 Å². The van der Waals surface area contributed by atoms with E-state index in [1.807, 2.05) is 0 Å². The summed E-state index contributed by atoms with van der Waals surface area (Å²) in [6.07, 6.45) is -4.84. The largest absolute Gasteiger partial charge is 0.444 e. The number of amides is 1. The maximum atomic E-state index is 14.3. The van der Waals surface area contributed by atoms with Crippen molar-refractivity contribution in [1.29, 1.82) is 0 Å². The van der Waals surface area contributed by atoms with Crippen LogP contribution in [0.15, 0.2) is 60.9 Å². The molecule has 35 heavy (non-hydrogen) atoms. The number of hydrogen-bond acceptors (Lipinski definition) is 4. The molecule has 0 aliphatic heterocycles. The fourth-order valence-electron chi connectivity index (χ4n) is 3.37. The van der Waals surface area contributed by atoms with Crippen LogP contribution >= 0.6 is 0 Å². The maximum absolute atomic E-state index is 14.3. The van der Waals surface area contributed by atoms with E-state index in [2.05, 4.69) is 10.3 Å². The van der Waals surface area contributed by atoms with Crippen LogP contribution in [0.4, 0.5) is 26.7 Å². The molecule has 2 N–H and O–H groups in total. The Balaban J connectivity index is 1.95. The zero-order chi connectivity index (χ0) is 26.0. The van der Waals surface area contributed by atoms with Gasteiger partial charge in [-0.1, -0.05) is 30.3 Å². The van der Waals surface area contributed by atoms with Crippen LogP contribution in [0.1, 0.15) is 49.6 Å². The first-order chi connectivity index (χ1) is 16.2. The second-order valence-electron chi connectivity index (χ2n) is 8.82. The van der Waals surface area contributed by atoms with Gasteiger partial charge in [0.25, 0.3) is 0 Å². The van der Waals surface area contributed by atoms with Crippen molar-refractivity contribution in [2.24, 2.45) is 0 Å². The summed E-state index contributed by atoms with van der Waals surface area (Å²) in [7, 11) is 0. The van der Waals surface area contributed by atoms with Gasteiger partial charge in [-0.3, -0.25) is 4.98 Å². The lowest BCUT2D eigenvalue weighted by Crippen LogP contribution is -2.37. The summed E-state index contributed by atoms with van der Waals surface area (Å²) >= 11 is 0. The number of aliphatic hydroxyl groups is 1. The quantitative estimate of drug-likeness (QED) is 0.406. The van der Waals surface area contributed by atoms with Gasteiger partial charge in [0, 0.05) is 11.8 Å². The number of carbonyl (C=O) groups is 1. The smallest absolute Gasteiger partial charge is 0.419 e. The Morgan fingerprint density at radius 1 is 0.943 bits per heavy atom. The summed E-state index contributed by atoms with van der Waals surface area (Å²) in [5.41, 5.74) is -1.14. The van der Waals surface area contributed by atoms with Gasteiger partial charge in [-0.05, 0) is 55.7 Å². The number of aliphatic hydroxyl groups excluding tert-OH is 1. The van der Waals surface area contributed by atoms with Crippen molar-refractivity contribution in [3.05, 3.63) is 89.2 Å². The number of carbonyl (C=O) groups excluding carboxylic acids is 1. The van der Waals surface area contributed by atoms with Crippen LogP contribution in [0.3, 0.4) is 0 Å². The molecule has 0 saturated carbocycles. The second kappa shape index (κ2) is 9.99. The molecule has 1 amide bonds. The summed E-state index contributed by atoms with van der Waals surface area (Å²) in [5, 5.41) is 13.4. The third-order valence-electron chi connectivity index (χ3n) is 4.94. The van der Waals surface area contributed by atoms with E-state index < -0.39 is 47.2 Å². The van der Waals surface area contributed by atoms with Crippen molar-refractivity contribution in [3.63, 3.8) is 0 Å². The predicted molar refractivity (Wildman–Crippen MR) is 118 cm³/mol. The van der Waals surface area contributed by atoms with Gasteiger partial charge in [0.15, 0.2) is 0 Å². The number of nitrogens with zero attached hydrogens (tertiary/aromatic N) is 1. The van der Waals surface area contributed by atoms with Gasteiger partial charge >= 0.3 is 12.3 Å². The molecular formula is C25H23F5N2O3. The number of rotatable bonds is 5. The van der Waals surface area contributed by atoms with E-state index in [9.17, 15) is 31.9 Å². The van der Waals surface area contributed by atoms with Crippen molar-refractivity contribution in [2.45, 2.75) is 44.7 Å². The molecule has 10 heteroatoms. The van der Waals surface area contributed by atoms with E-state index in [1.54, 1.807) is 32.9 Å². The Morgan fingerprint density at radius 2 is 1.57 bits per heavy atom. The summed E-state index contributed by atoms with van der Waals surface area (Å²) in [6, 6.07) is 8.20. The Hall–Kier alpha value is -3.53. The molecular weight excluding hydrogens is 471 g/mol. The first-order valence-electron chi connectivity index (χ1n) is 10.5. The number of alkyl halides is 3. The first-order valence-corrected chi connectivity index (χ1v) is 10.5.